The van der Waals surface area contributed by atoms with Crippen LogP contribution in [0.2, 0.25) is 0 Å². The van der Waals surface area contributed by atoms with E-state index in [0.717, 1.165) is 38.6 Å². The Balaban J connectivity index is 1.94. The van der Waals surface area contributed by atoms with Crippen molar-refractivity contribution in [1.29, 1.82) is 0 Å². The van der Waals surface area contributed by atoms with Gasteiger partial charge in [-0.3, -0.25) is 9.59 Å². The number of aliphatic hydroxyl groups is 1. The van der Waals surface area contributed by atoms with E-state index in [2.05, 4.69) is 13.2 Å². The Hall–Kier alpha value is -1.62. The van der Waals surface area contributed by atoms with Gasteiger partial charge in [-0.1, -0.05) is 12.2 Å². The highest BCUT2D eigenvalue weighted by atomic mass is 16.5. The maximum absolute atomic E-state index is 12.9. The van der Waals surface area contributed by atoms with Gasteiger partial charge in [0.05, 0.1) is 18.1 Å². The van der Waals surface area contributed by atoms with Crippen molar-refractivity contribution in [2.45, 2.75) is 64.4 Å². The molecule has 0 unspecified atom stereocenters. The fraction of sp³-hybridized carbons (Fsp3) is 0.739. The molecule has 158 valence electrons. The third kappa shape index (κ3) is 5.25. The number of ether oxygens (including phenoxy) is 1. The minimum atomic E-state index is -0.463. The lowest BCUT2D eigenvalue weighted by molar-refractivity contribution is -0.150. The molecule has 2 rings (SSSR count). The van der Waals surface area contributed by atoms with Gasteiger partial charge in [0.1, 0.15) is 0 Å². The van der Waals surface area contributed by atoms with E-state index in [9.17, 15) is 14.7 Å². The highest BCUT2D eigenvalue weighted by Crippen LogP contribution is 2.58. The van der Waals surface area contributed by atoms with Crippen molar-refractivity contribution in [1.82, 2.24) is 4.90 Å². The van der Waals surface area contributed by atoms with Gasteiger partial charge < -0.3 is 14.7 Å². The van der Waals surface area contributed by atoms with Crippen LogP contribution >= 0.6 is 0 Å². The number of unbranched alkanes of at least 4 members (excludes halogenated alkanes) is 2. The van der Waals surface area contributed by atoms with Gasteiger partial charge in [0.25, 0.3) is 0 Å². The lowest BCUT2D eigenvalue weighted by Crippen LogP contribution is -2.35. The summed E-state index contributed by atoms with van der Waals surface area (Å²) in [6.45, 7) is 10.5. The first-order valence-corrected chi connectivity index (χ1v) is 10.7. The monoisotopic (exact) mass is 391 g/mol. The lowest BCUT2D eigenvalue weighted by Gasteiger charge is -2.26. The van der Waals surface area contributed by atoms with Crippen molar-refractivity contribution >= 4 is 11.9 Å². The number of hydrogen-bond donors (Lipinski definition) is 1. The molecule has 5 atom stereocenters. The number of nitrogens with zero attached hydrogens (tertiary/aromatic N) is 1. The van der Waals surface area contributed by atoms with Gasteiger partial charge in [-0.05, 0) is 70.1 Å². The molecular weight excluding hydrogens is 354 g/mol. The zero-order valence-corrected chi connectivity index (χ0v) is 17.6. The molecular formula is C23H37NO4. The Kier molecular flexibility index (Phi) is 8.29. The summed E-state index contributed by atoms with van der Waals surface area (Å²) in [6, 6.07) is 0. The Bertz CT molecular complexity index is 575. The van der Waals surface area contributed by atoms with Gasteiger partial charge in [-0.15, -0.1) is 13.2 Å². The number of carbonyl (C=O) groups excluding carboxylic acids is 2. The molecule has 1 amide bonds. The second kappa shape index (κ2) is 10.2. The van der Waals surface area contributed by atoms with Crippen molar-refractivity contribution in [3.63, 3.8) is 0 Å². The van der Waals surface area contributed by atoms with Crippen LogP contribution in [0, 0.1) is 23.2 Å². The molecule has 0 saturated heterocycles. The standard InChI is InChI=1S/C23H37NO4/c1-5-8-9-10-13-24(4)21(26)20-15-19(25)14-17(20)11-12-23(16-18(23)6-2)22(27)28-7-3/h5-6,17-20,25H,1-2,7-16H2,3-4H3/t17-,18-,19+,20-,23+/m1/s1. The fourth-order valence-electron chi connectivity index (χ4n) is 4.73. The molecule has 0 aromatic carbocycles. The van der Waals surface area contributed by atoms with Crippen LogP contribution in [-0.2, 0) is 14.3 Å². The summed E-state index contributed by atoms with van der Waals surface area (Å²) in [5.41, 5.74) is -0.463. The summed E-state index contributed by atoms with van der Waals surface area (Å²) in [5.74, 6) is 0.122. The Morgan fingerprint density at radius 1 is 1.29 bits per heavy atom. The predicted octanol–water partition coefficient (Wildman–Crippen LogP) is 3.72. The van der Waals surface area contributed by atoms with Crippen molar-refractivity contribution in [3.05, 3.63) is 25.3 Å². The first kappa shape index (κ1) is 22.7. The van der Waals surface area contributed by atoms with E-state index < -0.39 is 11.5 Å². The maximum Gasteiger partial charge on any atom is 0.312 e. The Morgan fingerprint density at radius 2 is 2.04 bits per heavy atom. The van der Waals surface area contributed by atoms with E-state index in [0.29, 0.717) is 25.9 Å². The van der Waals surface area contributed by atoms with Gasteiger partial charge in [0.2, 0.25) is 5.91 Å². The number of amides is 1. The maximum atomic E-state index is 12.9. The summed E-state index contributed by atoms with van der Waals surface area (Å²) in [4.78, 5) is 27.2. The van der Waals surface area contributed by atoms with Crippen LogP contribution in [0.25, 0.3) is 0 Å². The third-order valence-electron chi connectivity index (χ3n) is 6.58. The molecule has 0 aliphatic heterocycles. The highest BCUT2D eigenvalue weighted by Gasteiger charge is 2.59. The summed E-state index contributed by atoms with van der Waals surface area (Å²) < 4.78 is 5.30. The van der Waals surface area contributed by atoms with Crippen molar-refractivity contribution in [3.8, 4) is 0 Å². The second-order valence-corrected chi connectivity index (χ2v) is 8.50. The minimum absolute atomic E-state index is 0.121. The number of aliphatic hydroxyl groups excluding tert-OH is 1. The molecule has 0 aromatic heterocycles. The van der Waals surface area contributed by atoms with Crippen LogP contribution in [0.5, 0.6) is 0 Å². The van der Waals surface area contributed by atoms with Gasteiger partial charge in [0, 0.05) is 19.5 Å². The molecule has 28 heavy (non-hydrogen) atoms. The molecule has 1 N–H and O–H groups in total. The van der Waals surface area contributed by atoms with Crippen LogP contribution in [-0.4, -0.2) is 48.2 Å². The number of carbonyl (C=O) groups is 2. The number of esters is 1. The van der Waals surface area contributed by atoms with Gasteiger partial charge in [0.15, 0.2) is 0 Å². The van der Waals surface area contributed by atoms with Crippen molar-refractivity contribution < 1.29 is 19.4 Å². The average Bonchev–Trinajstić information content (AvgIpc) is 3.29. The molecule has 2 fully saturated rings. The molecule has 0 radical (unpaired) electrons. The van der Waals surface area contributed by atoms with E-state index in [-0.39, 0.29) is 29.6 Å². The molecule has 2 saturated carbocycles. The molecule has 2 aliphatic carbocycles. The van der Waals surface area contributed by atoms with Crippen LogP contribution in [0.3, 0.4) is 0 Å². The van der Waals surface area contributed by atoms with Crippen LogP contribution < -0.4 is 0 Å². The van der Waals surface area contributed by atoms with Crippen LogP contribution in [0.4, 0.5) is 0 Å². The highest BCUT2D eigenvalue weighted by molar-refractivity contribution is 5.81. The average molecular weight is 392 g/mol. The van der Waals surface area contributed by atoms with Gasteiger partial charge >= 0.3 is 5.97 Å². The third-order valence-corrected chi connectivity index (χ3v) is 6.58. The molecule has 0 bridgehead atoms. The summed E-state index contributed by atoms with van der Waals surface area (Å²) in [7, 11) is 1.85. The first-order valence-electron chi connectivity index (χ1n) is 10.7. The molecule has 0 heterocycles. The van der Waals surface area contributed by atoms with E-state index >= 15 is 0 Å². The molecule has 5 nitrogen and oxygen atoms in total. The topological polar surface area (TPSA) is 66.8 Å². The van der Waals surface area contributed by atoms with Gasteiger partial charge in [-0.2, -0.15) is 0 Å². The SMILES string of the molecule is C=CCCCCN(C)C(=O)[C@@H]1C[C@@H](O)C[C@H]1CC[C@]1(C(=O)OCC)C[C@H]1C=C. The summed E-state index contributed by atoms with van der Waals surface area (Å²) in [6.07, 6.45) is 9.69. The number of allylic oxidation sites excluding steroid dienone is 2. The molecule has 0 spiro atoms. The van der Waals surface area contributed by atoms with Crippen LogP contribution in [0.1, 0.15) is 58.3 Å². The minimum Gasteiger partial charge on any atom is -0.466 e. The second-order valence-electron chi connectivity index (χ2n) is 8.50. The number of hydrogen-bond acceptors (Lipinski definition) is 4. The van der Waals surface area contributed by atoms with Crippen molar-refractivity contribution in [2.24, 2.45) is 23.2 Å². The molecule has 0 aromatic rings. The van der Waals surface area contributed by atoms with Crippen LogP contribution in [0.15, 0.2) is 25.3 Å². The fourth-order valence-corrected chi connectivity index (χ4v) is 4.73. The smallest absolute Gasteiger partial charge is 0.312 e. The normalized spacial score (nSPS) is 31.2. The first-order chi connectivity index (χ1) is 13.4. The van der Waals surface area contributed by atoms with E-state index in [4.69, 9.17) is 4.74 Å². The zero-order valence-electron chi connectivity index (χ0n) is 17.6. The Morgan fingerprint density at radius 3 is 2.64 bits per heavy atom. The van der Waals surface area contributed by atoms with E-state index in [1.54, 1.807) is 0 Å². The van der Waals surface area contributed by atoms with E-state index in [1.807, 2.05) is 31.0 Å². The molecule has 2 aliphatic rings. The molecule has 5 heteroatoms. The van der Waals surface area contributed by atoms with Gasteiger partial charge in [-0.25, -0.2) is 0 Å². The zero-order chi connectivity index (χ0) is 20.7. The summed E-state index contributed by atoms with van der Waals surface area (Å²) >= 11 is 0. The lowest BCUT2D eigenvalue weighted by atomic mass is 9.85. The largest absolute Gasteiger partial charge is 0.466 e. The number of rotatable bonds is 12. The van der Waals surface area contributed by atoms with Crippen molar-refractivity contribution in [2.75, 3.05) is 20.2 Å². The predicted molar refractivity (Wildman–Crippen MR) is 111 cm³/mol. The summed E-state index contributed by atoms with van der Waals surface area (Å²) in [5, 5.41) is 10.2. The van der Waals surface area contributed by atoms with E-state index in [1.165, 1.54) is 0 Å². The quantitative estimate of drug-likeness (QED) is 0.313. The Labute approximate surface area is 169 Å².